The van der Waals surface area contributed by atoms with Crippen LogP contribution >= 0.6 is 0 Å². The summed E-state index contributed by atoms with van der Waals surface area (Å²) in [6, 6.07) is 31.9. The van der Waals surface area contributed by atoms with Crippen molar-refractivity contribution < 1.29 is 90.2 Å². The summed E-state index contributed by atoms with van der Waals surface area (Å²) in [5.74, 6) is 3.53. The highest BCUT2D eigenvalue weighted by molar-refractivity contribution is 5.90. The SMILES string of the molecule is CC[C@H](C(=O)N1CCCC[C@H]1C(=O)O[C@H](CCc1ccc(OC)c(OC)c1)c1cccc(OCCOCCOc2cccc([C@@H](CCc3ccc(OC)c(OC)c3)OC(=O)[C@@H]3CCCCN3C(=O)[C@@H](CC)c3cc(OC)c(OC)c(OC)c3)c2)c1)c1cc(OC)c(OC)c(OC)c1. The molecular weight excluding hydrogens is 1240 g/mol. The zero-order chi connectivity index (χ0) is 69.4. The van der Waals surface area contributed by atoms with Gasteiger partial charge in [-0.25, -0.2) is 9.59 Å². The van der Waals surface area contributed by atoms with Gasteiger partial charge in [0, 0.05) is 13.1 Å². The third kappa shape index (κ3) is 18.7. The second kappa shape index (κ2) is 36.8. The average Bonchev–Trinajstić information content (AvgIpc) is 0.871. The van der Waals surface area contributed by atoms with Crippen molar-refractivity contribution in [2.75, 3.05) is 111 Å². The number of hydrogen-bond acceptors (Lipinski definition) is 19. The summed E-state index contributed by atoms with van der Waals surface area (Å²) in [7, 11) is 15.6. The number of rotatable bonds is 36. The van der Waals surface area contributed by atoms with Crippen LogP contribution in [0, 0.1) is 0 Å². The van der Waals surface area contributed by atoms with Gasteiger partial charge in [-0.2, -0.15) is 0 Å². The molecule has 2 aliphatic rings. The van der Waals surface area contributed by atoms with Gasteiger partial charge in [-0.05, 0) is 183 Å². The number of aryl methyl sites for hydroxylation is 2. The lowest BCUT2D eigenvalue weighted by Crippen LogP contribution is -2.50. The Balaban J connectivity index is 0.919. The summed E-state index contributed by atoms with van der Waals surface area (Å²) in [6.45, 7) is 5.58. The standard InChI is InChI=1S/C76H96N2O19/c1-13-57(53-45-67(87-7)71(91-11)68(46-53)88-8)73(79)77-35-17-15-25-59(77)75(81)96-61(31-27-49-29-33-63(83-3)65(41-49)85-5)51-21-19-23-55(43-51)94-39-37-93-38-40-95-56-24-20-22-52(44-56)62(32-28-50-30-34-64(84-4)66(42-50)86-6)97-76(82)60-26-16-18-36-78(60)74(80)58(14-2)54-47-69(89-9)72(92-12)70(48-54)90-10/h19-24,29-30,33-34,41-48,57-62H,13-18,25-28,31-32,35-40H2,1-12H3/t57-,58-,59-,60-,61+,62+/m0/s1. The highest BCUT2D eigenvalue weighted by Crippen LogP contribution is 2.44. The second-order valence-electron chi connectivity index (χ2n) is 23.7. The van der Waals surface area contributed by atoms with Crippen LogP contribution in [0.3, 0.4) is 0 Å². The number of methoxy groups -OCH3 is 10. The maximum atomic E-state index is 14.7. The molecule has 0 saturated carbocycles. The molecule has 524 valence electrons. The molecule has 2 amide bonds. The van der Waals surface area contributed by atoms with Crippen LogP contribution in [-0.4, -0.2) is 156 Å². The number of carbonyl (C=O) groups excluding carboxylic acids is 4. The zero-order valence-electron chi connectivity index (χ0n) is 58.2. The Kier molecular flexibility index (Phi) is 27.9. The maximum Gasteiger partial charge on any atom is 0.329 e. The van der Waals surface area contributed by atoms with Crippen LogP contribution in [0.1, 0.15) is 135 Å². The van der Waals surface area contributed by atoms with E-state index in [4.69, 9.17) is 71.1 Å². The third-order valence-corrected chi connectivity index (χ3v) is 18.0. The molecule has 6 aromatic rings. The van der Waals surface area contributed by atoms with Crippen LogP contribution in [0.5, 0.6) is 69.0 Å². The molecule has 0 aliphatic carbocycles. The smallest absolute Gasteiger partial charge is 0.329 e. The molecule has 2 heterocycles. The Morgan fingerprint density at radius 3 is 1.11 bits per heavy atom. The first-order chi connectivity index (χ1) is 47.2. The number of piperidine rings is 2. The molecule has 0 radical (unpaired) electrons. The molecule has 8 rings (SSSR count). The van der Waals surface area contributed by atoms with Crippen LogP contribution in [0.15, 0.2) is 109 Å². The number of benzene rings is 6. The number of carbonyl (C=O) groups is 4. The van der Waals surface area contributed by atoms with E-state index in [1.54, 1.807) is 62.5 Å². The summed E-state index contributed by atoms with van der Waals surface area (Å²) in [5, 5.41) is 0. The van der Waals surface area contributed by atoms with Gasteiger partial charge in [0.05, 0.1) is 96.1 Å². The van der Waals surface area contributed by atoms with Crippen molar-refractivity contribution in [1.82, 2.24) is 9.80 Å². The van der Waals surface area contributed by atoms with Gasteiger partial charge in [0.25, 0.3) is 0 Å². The van der Waals surface area contributed by atoms with Crippen molar-refractivity contribution >= 4 is 23.8 Å². The molecule has 2 aliphatic heterocycles. The predicted molar refractivity (Wildman–Crippen MR) is 365 cm³/mol. The molecule has 2 fully saturated rings. The van der Waals surface area contributed by atoms with E-state index in [1.807, 2.05) is 98.8 Å². The van der Waals surface area contributed by atoms with Gasteiger partial charge in [-0.3, -0.25) is 9.59 Å². The second-order valence-corrected chi connectivity index (χ2v) is 23.7. The Hall–Kier alpha value is -9.24. The van der Waals surface area contributed by atoms with E-state index < -0.39 is 48.1 Å². The van der Waals surface area contributed by atoms with Crippen LogP contribution in [0.2, 0.25) is 0 Å². The van der Waals surface area contributed by atoms with Crippen LogP contribution < -0.4 is 56.8 Å². The minimum Gasteiger partial charge on any atom is -0.493 e. The first-order valence-electron chi connectivity index (χ1n) is 33.3. The van der Waals surface area contributed by atoms with Gasteiger partial charge in [-0.1, -0.05) is 50.2 Å². The van der Waals surface area contributed by atoms with Gasteiger partial charge in [-0.15, -0.1) is 0 Å². The fourth-order valence-corrected chi connectivity index (χ4v) is 12.8. The average molecular weight is 1340 g/mol. The van der Waals surface area contributed by atoms with Crippen LogP contribution in [0.25, 0.3) is 0 Å². The summed E-state index contributed by atoms with van der Waals surface area (Å²) in [4.78, 5) is 62.1. The third-order valence-electron chi connectivity index (χ3n) is 18.0. The molecule has 0 aromatic heterocycles. The zero-order valence-corrected chi connectivity index (χ0v) is 58.2. The van der Waals surface area contributed by atoms with Crippen LogP contribution in [-0.2, 0) is 46.2 Å². The number of hydrogen-bond donors (Lipinski definition) is 0. The molecule has 21 heteroatoms. The van der Waals surface area contributed by atoms with Crippen molar-refractivity contribution in [2.45, 2.75) is 127 Å². The van der Waals surface area contributed by atoms with Crippen LogP contribution in [0.4, 0.5) is 0 Å². The summed E-state index contributed by atoms with van der Waals surface area (Å²) in [6.07, 6.45) is 5.26. The number of likely N-dealkylation sites (tertiary alicyclic amines) is 2. The molecular formula is C76H96N2O19. The van der Waals surface area contributed by atoms with Crippen molar-refractivity contribution in [3.63, 3.8) is 0 Å². The predicted octanol–water partition coefficient (Wildman–Crippen LogP) is 12.8. The van der Waals surface area contributed by atoms with Crippen molar-refractivity contribution in [3.05, 3.63) is 143 Å². The quantitative estimate of drug-likeness (QED) is 0.0264. The Labute approximate surface area is 570 Å². The minimum atomic E-state index is -0.810. The first-order valence-corrected chi connectivity index (χ1v) is 33.3. The van der Waals surface area contributed by atoms with E-state index in [0.29, 0.717) is 145 Å². The number of ether oxygens (including phenoxy) is 15. The highest BCUT2D eigenvalue weighted by Gasteiger charge is 2.40. The first kappa shape index (κ1) is 73.6. The fourth-order valence-electron chi connectivity index (χ4n) is 12.8. The van der Waals surface area contributed by atoms with Gasteiger partial charge >= 0.3 is 11.9 Å². The van der Waals surface area contributed by atoms with Crippen molar-refractivity contribution in [1.29, 1.82) is 0 Å². The molecule has 0 spiro atoms. The van der Waals surface area contributed by atoms with Gasteiger partial charge in [0.15, 0.2) is 46.0 Å². The molecule has 6 aromatic carbocycles. The highest BCUT2D eigenvalue weighted by atomic mass is 16.6. The largest absolute Gasteiger partial charge is 0.493 e. The molecule has 2 saturated heterocycles. The van der Waals surface area contributed by atoms with E-state index in [9.17, 15) is 19.2 Å². The van der Waals surface area contributed by atoms with Gasteiger partial charge in [0.1, 0.15) is 49.0 Å². The van der Waals surface area contributed by atoms with E-state index in [0.717, 1.165) is 47.9 Å². The molecule has 21 nitrogen and oxygen atoms in total. The lowest BCUT2D eigenvalue weighted by Gasteiger charge is -2.37. The molecule has 0 bridgehead atoms. The summed E-state index contributed by atoms with van der Waals surface area (Å²) >= 11 is 0. The van der Waals surface area contributed by atoms with E-state index in [1.165, 1.54) is 42.7 Å². The molecule has 6 atom stereocenters. The number of nitrogens with zero attached hydrogens (tertiary/aromatic N) is 2. The normalized spacial score (nSPS) is 15.7. The maximum absolute atomic E-state index is 14.7. The number of esters is 2. The fraction of sp³-hybridized carbons (Fsp3) is 0.474. The molecule has 0 unspecified atom stereocenters. The molecule has 0 N–H and O–H groups in total. The number of amides is 2. The lowest BCUT2D eigenvalue weighted by molar-refractivity contribution is -0.162. The van der Waals surface area contributed by atoms with Gasteiger partial charge < -0.3 is 80.9 Å². The monoisotopic (exact) mass is 1340 g/mol. The summed E-state index contributed by atoms with van der Waals surface area (Å²) < 4.78 is 87.5. The summed E-state index contributed by atoms with van der Waals surface area (Å²) in [5.41, 5.74) is 4.72. The minimum absolute atomic E-state index is 0.182. The Bertz CT molecular complexity index is 3280. The van der Waals surface area contributed by atoms with Gasteiger partial charge in [0.2, 0.25) is 23.3 Å². The van der Waals surface area contributed by atoms with E-state index >= 15 is 0 Å². The molecule has 97 heavy (non-hydrogen) atoms. The van der Waals surface area contributed by atoms with Crippen molar-refractivity contribution in [3.8, 4) is 69.0 Å². The van der Waals surface area contributed by atoms with E-state index in [2.05, 4.69) is 0 Å². The lowest BCUT2D eigenvalue weighted by atomic mass is 9.91. The topological polar surface area (TPSA) is 213 Å². The van der Waals surface area contributed by atoms with Crippen molar-refractivity contribution in [2.24, 2.45) is 0 Å². The Morgan fingerprint density at radius 1 is 0.402 bits per heavy atom. The Morgan fingerprint density at radius 2 is 0.773 bits per heavy atom. The van der Waals surface area contributed by atoms with E-state index in [-0.39, 0.29) is 38.2 Å².